The zero-order chi connectivity index (χ0) is 19.5. The van der Waals surface area contributed by atoms with Crippen LogP contribution in [0.4, 0.5) is 11.4 Å². The zero-order valence-corrected chi connectivity index (χ0v) is 16.6. The molecule has 0 aromatic heterocycles. The van der Waals surface area contributed by atoms with E-state index in [0.29, 0.717) is 22.1 Å². The Labute approximate surface area is 158 Å². The number of benzene rings is 2. The molecule has 0 radical (unpaired) electrons. The topological polar surface area (TPSA) is 75.7 Å². The molecule has 0 aliphatic carbocycles. The summed E-state index contributed by atoms with van der Waals surface area (Å²) in [6, 6.07) is 10.6. The summed E-state index contributed by atoms with van der Waals surface area (Å²) >= 11 is 5.92. The van der Waals surface area contributed by atoms with Crippen LogP contribution in [0.3, 0.4) is 0 Å². The third kappa shape index (κ3) is 4.68. The van der Waals surface area contributed by atoms with Gasteiger partial charge in [-0.15, -0.1) is 0 Å². The second-order valence-electron chi connectivity index (χ2n) is 5.88. The van der Waals surface area contributed by atoms with E-state index in [1.165, 1.54) is 14.0 Å². The molecule has 2 aromatic carbocycles. The van der Waals surface area contributed by atoms with Crippen LogP contribution in [-0.4, -0.2) is 33.7 Å². The highest BCUT2D eigenvalue weighted by molar-refractivity contribution is 7.92. The monoisotopic (exact) mass is 396 g/mol. The van der Waals surface area contributed by atoms with Crippen molar-refractivity contribution in [1.29, 1.82) is 0 Å². The van der Waals surface area contributed by atoms with Crippen LogP contribution in [0.25, 0.3) is 0 Å². The number of carbonyl (C=O) groups is 1. The zero-order valence-electron chi connectivity index (χ0n) is 15.0. The molecule has 2 aromatic rings. The van der Waals surface area contributed by atoms with Gasteiger partial charge in [0.05, 0.1) is 19.1 Å². The molecule has 1 atom stereocenters. The molecule has 140 valence electrons. The largest absolute Gasteiger partial charge is 0.497 e. The maximum Gasteiger partial charge on any atom is 0.248 e. The van der Waals surface area contributed by atoms with Crippen molar-refractivity contribution in [3.05, 3.63) is 53.1 Å². The first-order valence-corrected chi connectivity index (χ1v) is 10.1. The molecule has 0 aliphatic rings. The molecule has 8 heteroatoms. The summed E-state index contributed by atoms with van der Waals surface area (Å²) in [7, 11) is -2.16. The van der Waals surface area contributed by atoms with Gasteiger partial charge < -0.3 is 10.1 Å². The molecule has 0 bridgehead atoms. The van der Waals surface area contributed by atoms with Gasteiger partial charge in [-0.1, -0.05) is 11.6 Å². The average Bonchev–Trinajstić information content (AvgIpc) is 2.56. The van der Waals surface area contributed by atoms with Crippen molar-refractivity contribution in [2.45, 2.75) is 19.9 Å². The van der Waals surface area contributed by atoms with Crippen LogP contribution in [0.2, 0.25) is 5.02 Å². The second kappa shape index (κ2) is 7.97. The lowest BCUT2D eigenvalue weighted by Gasteiger charge is -2.28. The summed E-state index contributed by atoms with van der Waals surface area (Å²) in [5.74, 6) is 0.146. The Hall–Kier alpha value is -2.25. The number of halogens is 1. The highest BCUT2D eigenvalue weighted by atomic mass is 35.5. The van der Waals surface area contributed by atoms with Crippen molar-refractivity contribution < 1.29 is 17.9 Å². The summed E-state index contributed by atoms with van der Waals surface area (Å²) in [5, 5.41) is 3.31. The molecule has 0 saturated heterocycles. The first kappa shape index (κ1) is 20.1. The van der Waals surface area contributed by atoms with Crippen molar-refractivity contribution in [3.8, 4) is 5.75 Å². The van der Waals surface area contributed by atoms with Crippen molar-refractivity contribution >= 4 is 38.9 Å². The number of sulfonamides is 1. The summed E-state index contributed by atoms with van der Waals surface area (Å²) in [6.45, 7) is 3.34. The van der Waals surface area contributed by atoms with Crippen LogP contribution in [-0.2, 0) is 14.8 Å². The van der Waals surface area contributed by atoms with Gasteiger partial charge >= 0.3 is 0 Å². The van der Waals surface area contributed by atoms with E-state index in [1.807, 2.05) is 6.92 Å². The Morgan fingerprint density at radius 2 is 1.81 bits per heavy atom. The summed E-state index contributed by atoms with van der Waals surface area (Å²) < 4.78 is 30.7. The fourth-order valence-corrected chi connectivity index (χ4v) is 3.94. The smallest absolute Gasteiger partial charge is 0.248 e. The normalized spacial score (nSPS) is 12.3. The lowest BCUT2D eigenvalue weighted by atomic mass is 10.2. The minimum atomic E-state index is -3.68. The minimum absolute atomic E-state index is 0.378. The summed E-state index contributed by atoms with van der Waals surface area (Å²) in [6.07, 6.45) is 1.06. The van der Waals surface area contributed by atoms with Gasteiger partial charge in [0, 0.05) is 10.7 Å². The third-order valence-electron chi connectivity index (χ3n) is 3.86. The van der Waals surface area contributed by atoms with Crippen LogP contribution in [0.5, 0.6) is 5.75 Å². The molecule has 0 spiro atoms. The van der Waals surface area contributed by atoms with E-state index in [0.717, 1.165) is 16.1 Å². The van der Waals surface area contributed by atoms with E-state index in [-0.39, 0.29) is 0 Å². The Morgan fingerprint density at radius 1 is 1.19 bits per heavy atom. The molecule has 0 fully saturated rings. The fraction of sp³-hybridized carbons (Fsp3) is 0.278. The molecule has 0 aliphatic heterocycles. The molecule has 1 unspecified atom stereocenters. The predicted octanol–water partition coefficient (Wildman–Crippen LogP) is 3.45. The van der Waals surface area contributed by atoms with Crippen molar-refractivity contribution in [2.24, 2.45) is 0 Å². The lowest BCUT2D eigenvalue weighted by Crippen LogP contribution is -2.45. The Bertz CT molecular complexity index is 898. The van der Waals surface area contributed by atoms with Gasteiger partial charge in [0.1, 0.15) is 11.8 Å². The number of rotatable bonds is 6. The second-order valence-corrected chi connectivity index (χ2v) is 8.18. The number of nitrogens with zero attached hydrogens (tertiary/aromatic N) is 1. The quantitative estimate of drug-likeness (QED) is 0.811. The fourth-order valence-electron chi connectivity index (χ4n) is 2.54. The number of carbonyl (C=O) groups excluding carboxylic acids is 1. The van der Waals surface area contributed by atoms with Crippen LogP contribution in [0, 0.1) is 6.92 Å². The maximum absolute atomic E-state index is 12.7. The number of nitrogens with one attached hydrogen (secondary N) is 1. The van der Waals surface area contributed by atoms with Crippen LogP contribution in [0.15, 0.2) is 42.5 Å². The maximum atomic E-state index is 12.7. The first-order valence-electron chi connectivity index (χ1n) is 7.84. The SMILES string of the molecule is COc1ccc(N(C(C)C(=O)Nc2ccc(Cl)cc2C)S(C)(=O)=O)cc1. The van der Waals surface area contributed by atoms with Crippen LogP contribution < -0.4 is 14.4 Å². The number of ether oxygens (including phenoxy) is 1. The molecular formula is C18H21ClN2O4S. The van der Waals surface area contributed by atoms with E-state index in [9.17, 15) is 13.2 Å². The number of hydrogen-bond donors (Lipinski definition) is 1. The predicted molar refractivity (Wildman–Crippen MR) is 105 cm³/mol. The Balaban J connectivity index is 2.30. The van der Waals surface area contributed by atoms with Crippen LogP contribution in [0.1, 0.15) is 12.5 Å². The number of anilines is 2. The van der Waals surface area contributed by atoms with Gasteiger partial charge in [-0.25, -0.2) is 8.42 Å². The van der Waals surface area contributed by atoms with Gasteiger partial charge in [0.25, 0.3) is 0 Å². The van der Waals surface area contributed by atoms with Crippen LogP contribution >= 0.6 is 11.6 Å². The molecule has 1 N–H and O–H groups in total. The third-order valence-corrected chi connectivity index (χ3v) is 5.34. The number of amides is 1. The first-order chi connectivity index (χ1) is 12.1. The molecule has 26 heavy (non-hydrogen) atoms. The molecular weight excluding hydrogens is 376 g/mol. The van der Waals surface area contributed by atoms with E-state index in [2.05, 4.69) is 5.32 Å². The van der Waals surface area contributed by atoms with Gasteiger partial charge in [-0.05, 0) is 61.9 Å². The van der Waals surface area contributed by atoms with Crippen molar-refractivity contribution in [2.75, 3.05) is 23.0 Å². The molecule has 0 saturated carbocycles. The number of methoxy groups -OCH3 is 1. The Morgan fingerprint density at radius 3 is 2.31 bits per heavy atom. The van der Waals surface area contributed by atoms with Gasteiger partial charge in [-0.3, -0.25) is 9.10 Å². The van der Waals surface area contributed by atoms with E-state index < -0.39 is 22.0 Å². The standard InChI is InChI=1S/C18H21ClN2O4S/c1-12-11-14(19)5-10-17(12)20-18(22)13(2)21(26(4,23)24)15-6-8-16(25-3)9-7-15/h5-11,13H,1-4H3,(H,20,22). The summed E-state index contributed by atoms with van der Waals surface area (Å²) in [4.78, 5) is 12.7. The van der Waals surface area contributed by atoms with Crippen molar-refractivity contribution in [1.82, 2.24) is 0 Å². The highest BCUT2D eigenvalue weighted by Crippen LogP contribution is 2.25. The molecule has 2 rings (SSSR count). The molecule has 1 amide bonds. The minimum Gasteiger partial charge on any atom is -0.497 e. The molecule has 6 nitrogen and oxygen atoms in total. The number of hydrogen-bond acceptors (Lipinski definition) is 4. The van der Waals surface area contributed by atoms with Gasteiger partial charge in [0.2, 0.25) is 15.9 Å². The van der Waals surface area contributed by atoms with Gasteiger partial charge in [0.15, 0.2) is 0 Å². The van der Waals surface area contributed by atoms with E-state index >= 15 is 0 Å². The van der Waals surface area contributed by atoms with Crippen molar-refractivity contribution in [3.63, 3.8) is 0 Å². The van der Waals surface area contributed by atoms with E-state index in [4.69, 9.17) is 16.3 Å². The average molecular weight is 397 g/mol. The van der Waals surface area contributed by atoms with Gasteiger partial charge in [-0.2, -0.15) is 0 Å². The molecule has 0 heterocycles. The Kier molecular flexibility index (Phi) is 6.15. The highest BCUT2D eigenvalue weighted by Gasteiger charge is 2.29. The lowest BCUT2D eigenvalue weighted by molar-refractivity contribution is -0.116. The van der Waals surface area contributed by atoms with E-state index in [1.54, 1.807) is 42.5 Å². The summed E-state index contributed by atoms with van der Waals surface area (Å²) in [5.41, 5.74) is 1.74. The number of aryl methyl sites for hydroxylation is 1.